The molecule has 0 bridgehead atoms. The lowest BCUT2D eigenvalue weighted by molar-refractivity contribution is -0.135. The summed E-state index contributed by atoms with van der Waals surface area (Å²) in [6, 6.07) is 12.4. The molecule has 0 radical (unpaired) electrons. The van der Waals surface area contributed by atoms with E-state index >= 15 is 0 Å². The summed E-state index contributed by atoms with van der Waals surface area (Å²) in [4.78, 5) is 49.1. The SMILES string of the molecule is NCC(=O)CCC(=O)OS(=O)(=O)c1cccc(NC(=O)CN2CCc3ccccc3C2=O)c1. The third-order valence-corrected chi connectivity index (χ3v) is 6.20. The summed E-state index contributed by atoms with van der Waals surface area (Å²) in [5, 5.41) is 2.55. The molecule has 11 heteroatoms. The fourth-order valence-electron chi connectivity index (χ4n) is 3.28. The topological polar surface area (TPSA) is 153 Å². The molecule has 2 amide bonds. The summed E-state index contributed by atoms with van der Waals surface area (Å²) in [5.41, 5.74) is 6.78. The first-order chi connectivity index (χ1) is 15.7. The Morgan fingerprint density at radius 3 is 2.58 bits per heavy atom. The number of amides is 2. The average molecular weight is 474 g/mol. The normalized spacial score (nSPS) is 13.2. The van der Waals surface area contributed by atoms with Gasteiger partial charge in [-0.1, -0.05) is 24.3 Å². The van der Waals surface area contributed by atoms with Crippen LogP contribution in [0.3, 0.4) is 0 Å². The first-order valence-corrected chi connectivity index (χ1v) is 11.6. The number of nitrogens with one attached hydrogen (secondary N) is 1. The molecule has 3 rings (SSSR count). The quantitative estimate of drug-likeness (QED) is 0.509. The van der Waals surface area contributed by atoms with E-state index in [0.717, 1.165) is 11.6 Å². The Morgan fingerprint density at radius 2 is 1.82 bits per heavy atom. The van der Waals surface area contributed by atoms with Gasteiger partial charge in [0.1, 0.15) is 17.2 Å². The van der Waals surface area contributed by atoms with Crippen molar-refractivity contribution < 1.29 is 31.8 Å². The van der Waals surface area contributed by atoms with E-state index in [0.29, 0.717) is 18.5 Å². The van der Waals surface area contributed by atoms with E-state index in [4.69, 9.17) is 5.73 Å². The molecular formula is C22H23N3O7S. The van der Waals surface area contributed by atoms with Crippen LogP contribution in [0.5, 0.6) is 0 Å². The summed E-state index contributed by atoms with van der Waals surface area (Å²) in [6.07, 6.45) is -0.00943. The largest absolute Gasteiger partial charge is 0.342 e. The molecule has 0 aliphatic carbocycles. The van der Waals surface area contributed by atoms with Crippen molar-refractivity contribution in [3.05, 3.63) is 59.7 Å². The molecule has 1 aliphatic heterocycles. The van der Waals surface area contributed by atoms with Gasteiger partial charge in [-0.2, -0.15) is 8.42 Å². The average Bonchev–Trinajstić information content (AvgIpc) is 2.79. The van der Waals surface area contributed by atoms with Gasteiger partial charge in [-0.25, -0.2) is 0 Å². The summed E-state index contributed by atoms with van der Waals surface area (Å²) < 4.78 is 29.2. The number of hydrogen-bond acceptors (Lipinski definition) is 8. The fraction of sp³-hybridized carbons (Fsp3) is 0.273. The third kappa shape index (κ3) is 6.24. The number of benzene rings is 2. The Kier molecular flexibility index (Phi) is 7.56. The maximum atomic E-state index is 12.6. The molecule has 2 aromatic carbocycles. The van der Waals surface area contributed by atoms with E-state index in [-0.39, 0.29) is 36.0 Å². The van der Waals surface area contributed by atoms with Crippen molar-refractivity contribution in [3.63, 3.8) is 0 Å². The Hall–Kier alpha value is -3.57. The Morgan fingerprint density at radius 1 is 1.06 bits per heavy atom. The molecule has 33 heavy (non-hydrogen) atoms. The van der Waals surface area contributed by atoms with Crippen LogP contribution in [-0.2, 0) is 35.1 Å². The molecule has 0 atom stereocenters. The zero-order valence-electron chi connectivity index (χ0n) is 17.7. The van der Waals surface area contributed by atoms with Gasteiger partial charge in [-0.15, -0.1) is 0 Å². The van der Waals surface area contributed by atoms with Crippen molar-refractivity contribution in [1.29, 1.82) is 0 Å². The lowest BCUT2D eigenvalue weighted by Gasteiger charge is -2.28. The van der Waals surface area contributed by atoms with Crippen LogP contribution in [0.1, 0.15) is 28.8 Å². The smallest absolute Gasteiger partial charge is 0.341 e. The maximum Gasteiger partial charge on any atom is 0.341 e. The molecular weight excluding hydrogens is 450 g/mol. The van der Waals surface area contributed by atoms with Gasteiger partial charge in [-0.3, -0.25) is 19.2 Å². The monoisotopic (exact) mass is 473 g/mol. The number of carbonyl (C=O) groups is 4. The first-order valence-electron chi connectivity index (χ1n) is 10.2. The summed E-state index contributed by atoms with van der Waals surface area (Å²) >= 11 is 0. The zero-order chi connectivity index (χ0) is 24.0. The van der Waals surface area contributed by atoms with E-state index in [9.17, 15) is 27.6 Å². The number of nitrogens with zero attached hydrogens (tertiary/aromatic N) is 1. The van der Waals surface area contributed by atoms with E-state index in [1.807, 2.05) is 12.1 Å². The summed E-state index contributed by atoms with van der Waals surface area (Å²) in [5.74, 6) is -2.24. The molecule has 0 spiro atoms. The number of fused-ring (bicyclic) bond motifs is 1. The molecule has 1 heterocycles. The number of anilines is 1. The van der Waals surface area contributed by atoms with Crippen molar-refractivity contribution in [2.75, 3.05) is 25.0 Å². The fourth-order valence-corrected chi connectivity index (χ4v) is 4.22. The molecule has 2 aromatic rings. The van der Waals surface area contributed by atoms with Crippen LogP contribution in [0, 0.1) is 0 Å². The van der Waals surface area contributed by atoms with Gasteiger partial charge in [0, 0.05) is 24.2 Å². The molecule has 0 aromatic heterocycles. The van der Waals surface area contributed by atoms with Gasteiger partial charge in [0.05, 0.1) is 13.0 Å². The Balaban J connectivity index is 1.61. The van der Waals surface area contributed by atoms with Gasteiger partial charge in [-0.05, 0) is 36.2 Å². The third-order valence-electron chi connectivity index (χ3n) is 4.97. The van der Waals surface area contributed by atoms with Crippen LogP contribution >= 0.6 is 0 Å². The van der Waals surface area contributed by atoms with Gasteiger partial charge >= 0.3 is 16.1 Å². The van der Waals surface area contributed by atoms with Crippen LogP contribution in [0.2, 0.25) is 0 Å². The van der Waals surface area contributed by atoms with Crippen molar-refractivity contribution >= 4 is 39.4 Å². The van der Waals surface area contributed by atoms with Crippen molar-refractivity contribution in [1.82, 2.24) is 4.90 Å². The minimum Gasteiger partial charge on any atom is -0.342 e. The molecule has 0 saturated carbocycles. The molecule has 3 N–H and O–H groups in total. The molecule has 0 unspecified atom stereocenters. The van der Waals surface area contributed by atoms with E-state index < -0.39 is 34.2 Å². The van der Waals surface area contributed by atoms with Crippen LogP contribution < -0.4 is 11.1 Å². The highest BCUT2D eigenvalue weighted by Gasteiger charge is 2.26. The molecule has 10 nitrogen and oxygen atoms in total. The number of nitrogens with two attached hydrogens (primary N) is 1. The minimum atomic E-state index is -4.45. The summed E-state index contributed by atoms with van der Waals surface area (Å²) in [7, 11) is -4.45. The number of hydrogen-bond donors (Lipinski definition) is 2. The number of carbonyl (C=O) groups excluding carboxylic acids is 4. The standard InChI is InChI=1S/C22H23N3O7S/c23-13-17(26)8-9-21(28)32-33(30,31)18-6-3-5-16(12-18)24-20(27)14-25-11-10-15-4-1-2-7-19(15)22(25)29/h1-7,12H,8-11,13-14,23H2,(H,24,27). The van der Waals surface area contributed by atoms with E-state index in [1.54, 1.807) is 12.1 Å². The second kappa shape index (κ2) is 10.4. The van der Waals surface area contributed by atoms with Gasteiger partial charge in [0.25, 0.3) is 5.91 Å². The van der Waals surface area contributed by atoms with Crippen LogP contribution in [-0.4, -0.2) is 56.5 Å². The second-order valence-electron chi connectivity index (χ2n) is 7.36. The summed E-state index contributed by atoms with van der Waals surface area (Å²) in [6.45, 7) is -0.0636. The van der Waals surface area contributed by atoms with Crippen molar-refractivity contribution in [3.8, 4) is 0 Å². The molecule has 0 fully saturated rings. The number of rotatable bonds is 9. The number of Topliss-reactive ketones (excluding diaryl/α,β-unsaturated/α-hetero) is 1. The Labute approximate surface area is 190 Å². The predicted molar refractivity (Wildman–Crippen MR) is 118 cm³/mol. The first kappa shape index (κ1) is 24.1. The van der Waals surface area contributed by atoms with Crippen molar-refractivity contribution in [2.24, 2.45) is 5.73 Å². The Bertz CT molecular complexity index is 1190. The maximum absolute atomic E-state index is 12.6. The van der Waals surface area contributed by atoms with Gasteiger partial charge < -0.3 is 20.1 Å². The van der Waals surface area contributed by atoms with Crippen LogP contribution in [0.25, 0.3) is 0 Å². The highest BCUT2D eigenvalue weighted by Crippen LogP contribution is 2.20. The van der Waals surface area contributed by atoms with Gasteiger partial charge in [0.2, 0.25) is 5.91 Å². The highest BCUT2D eigenvalue weighted by molar-refractivity contribution is 7.87. The molecule has 1 aliphatic rings. The zero-order valence-corrected chi connectivity index (χ0v) is 18.5. The lowest BCUT2D eigenvalue weighted by Crippen LogP contribution is -2.42. The predicted octanol–water partition coefficient (Wildman–Crippen LogP) is 0.864. The number of ketones is 1. The van der Waals surface area contributed by atoms with Crippen LogP contribution in [0.4, 0.5) is 5.69 Å². The highest BCUT2D eigenvalue weighted by atomic mass is 32.2. The van der Waals surface area contributed by atoms with E-state index in [1.165, 1.54) is 23.1 Å². The van der Waals surface area contributed by atoms with Gasteiger partial charge in [0.15, 0.2) is 0 Å². The molecule has 0 saturated heterocycles. The minimum absolute atomic E-state index is 0.153. The second-order valence-corrected chi connectivity index (χ2v) is 8.91. The molecule has 174 valence electrons. The van der Waals surface area contributed by atoms with Crippen molar-refractivity contribution in [2.45, 2.75) is 24.2 Å². The van der Waals surface area contributed by atoms with Crippen LogP contribution in [0.15, 0.2) is 53.4 Å². The van der Waals surface area contributed by atoms with E-state index in [2.05, 4.69) is 9.50 Å². The lowest BCUT2D eigenvalue weighted by atomic mass is 9.99.